The van der Waals surface area contributed by atoms with E-state index in [1.54, 1.807) is 6.92 Å². The zero-order chi connectivity index (χ0) is 17.5. The molecule has 5 rings (SSSR count). The van der Waals surface area contributed by atoms with Crippen LogP contribution < -0.4 is 10.6 Å². The van der Waals surface area contributed by atoms with Crippen LogP contribution in [0, 0.1) is 23.2 Å². The largest absolute Gasteiger partial charge is 0.356 e. The molecule has 2 unspecified atom stereocenters. The van der Waals surface area contributed by atoms with Crippen molar-refractivity contribution >= 4 is 11.8 Å². The molecule has 2 atom stereocenters. The van der Waals surface area contributed by atoms with Gasteiger partial charge in [0.1, 0.15) is 0 Å². The topological polar surface area (TPSA) is 58.2 Å². The molecule has 0 heterocycles. The zero-order valence-electron chi connectivity index (χ0n) is 15.7. The average molecular weight is 347 g/mol. The van der Waals surface area contributed by atoms with Crippen molar-refractivity contribution in [3.05, 3.63) is 0 Å². The van der Waals surface area contributed by atoms with Crippen molar-refractivity contribution in [3.8, 4) is 0 Å². The Hall–Kier alpha value is -1.06. The van der Waals surface area contributed by atoms with E-state index in [1.165, 1.54) is 38.5 Å². The van der Waals surface area contributed by atoms with Gasteiger partial charge in [0.05, 0.1) is 5.41 Å². The van der Waals surface area contributed by atoms with Gasteiger partial charge in [-0.25, -0.2) is 0 Å². The van der Waals surface area contributed by atoms with Gasteiger partial charge in [-0.1, -0.05) is 25.7 Å². The molecule has 5 aliphatic carbocycles. The minimum absolute atomic E-state index is 0.0640. The van der Waals surface area contributed by atoms with E-state index < -0.39 is 0 Å². The van der Waals surface area contributed by atoms with E-state index in [2.05, 4.69) is 10.6 Å². The van der Waals surface area contributed by atoms with Crippen LogP contribution in [0.1, 0.15) is 84.0 Å². The van der Waals surface area contributed by atoms with E-state index in [-0.39, 0.29) is 22.8 Å². The fourth-order valence-electron chi connectivity index (χ4n) is 7.13. The molecule has 0 aromatic rings. The minimum atomic E-state index is -0.208. The Morgan fingerprint density at radius 1 is 1.04 bits per heavy atom. The Morgan fingerprint density at radius 3 is 2.36 bits per heavy atom. The van der Waals surface area contributed by atoms with E-state index >= 15 is 0 Å². The van der Waals surface area contributed by atoms with Gasteiger partial charge >= 0.3 is 0 Å². The number of rotatable bonds is 6. The SMILES string of the molecule is CC(=O)NC12CC3CC(C1)CC(C(=O)NCCCC1CCCC1)(C3)C2. The Balaban J connectivity index is 1.35. The number of hydrogen-bond donors (Lipinski definition) is 2. The molecule has 0 spiro atoms. The predicted molar refractivity (Wildman–Crippen MR) is 97.9 cm³/mol. The molecule has 2 N–H and O–H groups in total. The van der Waals surface area contributed by atoms with Crippen LogP contribution in [0.25, 0.3) is 0 Å². The van der Waals surface area contributed by atoms with Gasteiger partial charge in [0.25, 0.3) is 0 Å². The van der Waals surface area contributed by atoms with Crippen molar-refractivity contribution in [1.82, 2.24) is 10.6 Å². The molecule has 0 aromatic heterocycles. The summed E-state index contributed by atoms with van der Waals surface area (Å²) in [6.07, 6.45) is 14.3. The second kappa shape index (κ2) is 6.59. The van der Waals surface area contributed by atoms with Crippen LogP contribution in [0.3, 0.4) is 0 Å². The van der Waals surface area contributed by atoms with Gasteiger partial charge in [0, 0.05) is 19.0 Å². The molecular weight excluding hydrogens is 312 g/mol. The van der Waals surface area contributed by atoms with Crippen LogP contribution in [-0.2, 0) is 9.59 Å². The molecule has 5 saturated carbocycles. The fourth-order valence-corrected chi connectivity index (χ4v) is 7.13. The number of carbonyl (C=O) groups is 2. The first kappa shape index (κ1) is 17.4. The first-order valence-corrected chi connectivity index (χ1v) is 10.6. The second-order valence-corrected chi connectivity index (χ2v) is 9.75. The number of hydrogen-bond acceptors (Lipinski definition) is 2. The molecule has 5 fully saturated rings. The highest BCUT2D eigenvalue weighted by Crippen LogP contribution is 2.61. The molecule has 25 heavy (non-hydrogen) atoms. The summed E-state index contributed by atoms with van der Waals surface area (Å²) in [6, 6.07) is 0. The van der Waals surface area contributed by atoms with Crippen LogP contribution in [-0.4, -0.2) is 23.9 Å². The maximum Gasteiger partial charge on any atom is 0.226 e. The summed E-state index contributed by atoms with van der Waals surface area (Å²) in [5.41, 5.74) is -0.309. The van der Waals surface area contributed by atoms with Crippen LogP contribution >= 0.6 is 0 Å². The monoisotopic (exact) mass is 346 g/mol. The molecule has 0 radical (unpaired) electrons. The van der Waals surface area contributed by atoms with Crippen molar-refractivity contribution in [1.29, 1.82) is 0 Å². The Morgan fingerprint density at radius 2 is 1.72 bits per heavy atom. The van der Waals surface area contributed by atoms with Crippen molar-refractivity contribution in [2.45, 2.75) is 89.5 Å². The van der Waals surface area contributed by atoms with E-state index in [0.29, 0.717) is 11.8 Å². The predicted octanol–water partition coefficient (Wildman–Crippen LogP) is 3.55. The zero-order valence-corrected chi connectivity index (χ0v) is 15.7. The van der Waals surface area contributed by atoms with Crippen LogP contribution in [0.2, 0.25) is 0 Å². The Labute approximate surface area is 151 Å². The molecule has 5 aliphatic rings. The van der Waals surface area contributed by atoms with Gasteiger partial charge in [-0.2, -0.15) is 0 Å². The number of carbonyl (C=O) groups excluding carboxylic acids is 2. The molecule has 140 valence electrons. The van der Waals surface area contributed by atoms with Gasteiger partial charge in [-0.05, 0) is 69.1 Å². The summed E-state index contributed by atoms with van der Waals surface area (Å²) in [7, 11) is 0. The van der Waals surface area contributed by atoms with Crippen molar-refractivity contribution in [2.75, 3.05) is 6.54 Å². The molecule has 0 aromatic carbocycles. The molecule has 0 saturated heterocycles. The molecule has 4 nitrogen and oxygen atoms in total. The third kappa shape index (κ3) is 3.46. The third-order valence-electron chi connectivity index (χ3n) is 7.53. The normalized spacial score (nSPS) is 39.6. The van der Waals surface area contributed by atoms with Crippen LogP contribution in [0.5, 0.6) is 0 Å². The van der Waals surface area contributed by atoms with Crippen molar-refractivity contribution in [2.24, 2.45) is 23.2 Å². The fraction of sp³-hybridized carbons (Fsp3) is 0.905. The maximum atomic E-state index is 13.1. The van der Waals surface area contributed by atoms with Gasteiger partial charge in [-0.15, -0.1) is 0 Å². The highest BCUT2D eigenvalue weighted by atomic mass is 16.2. The van der Waals surface area contributed by atoms with Crippen molar-refractivity contribution in [3.63, 3.8) is 0 Å². The smallest absolute Gasteiger partial charge is 0.226 e. The lowest BCUT2D eigenvalue weighted by atomic mass is 9.46. The minimum Gasteiger partial charge on any atom is -0.356 e. The number of nitrogens with one attached hydrogen (secondary N) is 2. The first-order chi connectivity index (χ1) is 12.0. The first-order valence-electron chi connectivity index (χ1n) is 10.6. The summed E-state index contributed by atoms with van der Waals surface area (Å²) < 4.78 is 0. The van der Waals surface area contributed by atoms with Crippen molar-refractivity contribution < 1.29 is 9.59 Å². The quantitative estimate of drug-likeness (QED) is 0.723. The lowest BCUT2D eigenvalue weighted by Crippen LogP contribution is -2.65. The van der Waals surface area contributed by atoms with Crippen LogP contribution in [0.4, 0.5) is 0 Å². The van der Waals surface area contributed by atoms with E-state index in [1.807, 2.05) is 0 Å². The molecular formula is C21H34N2O2. The lowest BCUT2D eigenvalue weighted by molar-refractivity contribution is -0.153. The molecule has 4 heteroatoms. The van der Waals surface area contributed by atoms with Gasteiger partial charge < -0.3 is 10.6 Å². The standard InChI is InChI=1S/C21H34N2O2/c1-15(24)23-21-12-17-9-18(13-21)11-20(10-17,14-21)19(25)22-8-4-7-16-5-2-3-6-16/h16-18H,2-14H2,1H3,(H,22,25)(H,23,24). The summed E-state index contributed by atoms with van der Waals surface area (Å²) in [6.45, 7) is 2.45. The van der Waals surface area contributed by atoms with E-state index in [4.69, 9.17) is 0 Å². The highest BCUT2D eigenvalue weighted by Gasteiger charge is 2.60. The van der Waals surface area contributed by atoms with E-state index in [9.17, 15) is 9.59 Å². The Kier molecular flexibility index (Phi) is 4.57. The summed E-state index contributed by atoms with van der Waals surface area (Å²) in [5.74, 6) is 2.49. The van der Waals surface area contributed by atoms with Crippen LogP contribution in [0.15, 0.2) is 0 Å². The van der Waals surface area contributed by atoms with E-state index in [0.717, 1.165) is 51.0 Å². The maximum absolute atomic E-state index is 13.1. The van der Waals surface area contributed by atoms with Gasteiger partial charge in [-0.3, -0.25) is 9.59 Å². The average Bonchev–Trinajstić information content (AvgIpc) is 3.02. The molecule has 4 bridgehead atoms. The summed E-state index contributed by atoms with van der Waals surface area (Å²) in [4.78, 5) is 24.8. The number of amides is 2. The molecule has 0 aliphatic heterocycles. The highest BCUT2D eigenvalue weighted by molar-refractivity contribution is 5.83. The third-order valence-corrected chi connectivity index (χ3v) is 7.53. The Bertz CT molecular complexity index is 524. The summed E-state index contributed by atoms with van der Waals surface area (Å²) >= 11 is 0. The van der Waals surface area contributed by atoms with Gasteiger partial charge in [0.2, 0.25) is 11.8 Å². The van der Waals surface area contributed by atoms with Gasteiger partial charge in [0.15, 0.2) is 0 Å². The molecule has 2 amide bonds. The summed E-state index contributed by atoms with van der Waals surface area (Å²) in [5, 5.41) is 6.54. The second-order valence-electron chi connectivity index (χ2n) is 9.75. The lowest BCUT2D eigenvalue weighted by Gasteiger charge is -2.61.